The molecule has 2 rings (SSSR count). The molecule has 0 spiro atoms. The highest BCUT2D eigenvalue weighted by atomic mass is 32.1. The van der Waals surface area contributed by atoms with Crippen molar-refractivity contribution in [2.45, 2.75) is 43.9 Å². The number of hydrogen-bond acceptors (Lipinski definition) is 3. The number of rotatable bonds is 5. The van der Waals surface area contributed by atoms with Crippen molar-refractivity contribution in [3.8, 4) is 0 Å². The average Bonchev–Trinajstić information content (AvgIpc) is 2.86. The SMILES string of the molecule is NC(=S)CCC1(c2cccc([N+](=O)[O-])c2)CCCC1. The van der Waals surface area contributed by atoms with E-state index in [1.807, 2.05) is 6.07 Å². The van der Waals surface area contributed by atoms with Crippen LogP contribution < -0.4 is 5.73 Å². The molecular formula is C14H18N2O2S. The van der Waals surface area contributed by atoms with Gasteiger partial charge in [0.05, 0.1) is 9.91 Å². The van der Waals surface area contributed by atoms with Gasteiger partial charge in [-0.05, 0) is 36.7 Å². The number of nitrogens with zero attached hydrogens (tertiary/aromatic N) is 1. The zero-order chi connectivity index (χ0) is 13.9. The van der Waals surface area contributed by atoms with E-state index in [-0.39, 0.29) is 16.0 Å². The molecule has 1 saturated carbocycles. The third-order valence-electron chi connectivity index (χ3n) is 4.08. The van der Waals surface area contributed by atoms with Crippen molar-refractivity contribution in [2.24, 2.45) is 5.73 Å². The Morgan fingerprint density at radius 3 is 2.68 bits per heavy atom. The maximum absolute atomic E-state index is 10.9. The summed E-state index contributed by atoms with van der Waals surface area (Å²) in [6.45, 7) is 0. The summed E-state index contributed by atoms with van der Waals surface area (Å²) < 4.78 is 0. The van der Waals surface area contributed by atoms with Gasteiger partial charge in [0, 0.05) is 12.1 Å². The third-order valence-corrected chi connectivity index (χ3v) is 4.28. The molecule has 0 radical (unpaired) electrons. The molecule has 0 heterocycles. The van der Waals surface area contributed by atoms with Gasteiger partial charge in [-0.1, -0.05) is 37.2 Å². The molecule has 1 aliphatic rings. The Bertz CT molecular complexity index is 496. The molecule has 19 heavy (non-hydrogen) atoms. The smallest absolute Gasteiger partial charge is 0.269 e. The van der Waals surface area contributed by atoms with E-state index < -0.39 is 0 Å². The van der Waals surface area contributed by atoms with Crippen molar-refractivity contribution >= 4 is 22.9 Å². The van der Waals surface area contributed by atoms with Crippen LogP contribution in [0.15, 0.2) is 24.3 Å². The molecule has 2 N–H and O–H groups in total. The molecule has 1 aliphatic carbocycles. The van der Waals surface area contributed by atoms with Crippen LogP contribution in [-0.4, -0.2) is 9.91 Å². The van der Waals surface area contributed by atoms with Crippen LogP contribution in [0.25, 0.3) is 0 Å². The first-order valence-corrected chi connectivity index (χ1v) is 6.98. The molecule has 4 nitrogen and oxygen atoms in total. The largest absolute Gasteiger partial charge is 0.393 e. The highest BCUT2D eigenvalue weighted by molar-refractivity contribution is 7.80. The summed E-state index contributed by atoms with van der Waals surface area (Å²) in [5.74, 6) is 0. The van der Waals surface area contributed by atoms with Gasteiger partial charge in [0.15, 0.2) is 0 Å². The van der Waals surface area contributed by atoms with Crippen LogP contribution in [0.5, 0.6) is 0 Å². The van der Waals surface area contributed by atoms with Crippen LogP contribution in [0.2, 0.25) is 0 Å². The summed E-state index contributed by atoms with van der Waals surface area (Å²) >= 11 is 4.97. The van der Waals surface area contributed by atoms with Gasteiger partial charge < -0.3 is 5.73 Å². The molecule has 1 aromatic rings. The first-order valence-electron chi connectivity index (χ1n) is 6.57. The lowest BCUT2D eigenvalue weighted by atomic mass is 9.75. The average molecular weight is 278 g/mol. The highest BCUT2D eigenvalue weighted by Gasteiger charge is 2.35. The lowest BCUT2D eigenvalue weighted by Gasteiger charge is -2.29. The predicted molar refractivity (Wildman–Crippen MR) is 79.3 cm³/mol. The van der Waals surface area contributed by atoms with Gasteiger partial charge >= 0.3 is 0 Å². The molecular weight excluding hydrogens is 260 g/mol. The number of benzene rings is 1. The maximum atomic E-state index is 10.9. The van der Waals surface area contributed by atoms with Crippen LogP contribution in [0.4, 0.5) is 5.69 Å². The summed E-state index contributed by atoms with van der Waals surface area (Å²) in [7, 11) is 0. The quantitative estimate of drug-likeness (QED) is 0.508. The molecule has 0 amide bonds. The van der Waals surface area contributed by atoms with Crippen LogP contribution in [-0.2, 0) is 5.41 Å². The van der Waals surface area contributed by atoms with Crippen LogP contribution >= 0.6 is 12.2 Å². The second-order valence-electron chi connectivity index (χ2n) is 5.26. The van der Waals surface area contributed by atoms with Gasteiger partial charge in [-0.15, -0.1) is 0 Å². The van der Waals surface area contributed by atoms with Crippen molar-refractivity contribution in [3.63, 3.8) is 0 Å². The van der Waals surface area contributed by atoms with Gasteiger partial charge in [-0.25, -0.2) is 0 Å². The van der Waals surface area contributed by atoms with E-state index >= 15 is 0 Å². The van der Waals surface area contributed by atoms with E-state index in [0.717, 1.165) is 24.8 Å². The number of hydrogen-bond donors (Lipinski definition) is 1. The highest BCUT2D eigenvalue weighted by Crippen LogP contribution is 2.45. The van der Waals surface area contributed by atoms with E-state index in [1.54, 1.807) is 18.2 Å². The fourth-order valence-electron chi connectivity index (χ4n) is 3.05. The fraction of sp³-hybridized carbons (Fsp3) is 0.500. The Morgan fingerprint density at radius 1 is 1.42 bits per heavy atom. The molecule has 0 saturated heterocycles. The number of nitrogens with two attached hydrogens (primary N) is 1. The minimum atomic E-state index is -0.334. The Hall–Kier alpha value is -1.49. The Morgan fingerprint density at radius 2 is 2.11 bits per heavy atom. The first-order chi connectivity index (χ1) is 9.03. The molecule has 1 fully saturated rings. The number of non-ortho nitro benzene ring substituents is 1. The molecule has 0 bridgehead atoms. The zero-order valence-corrected chi connectivity index (χ0v) is 11.6. The summed E-state index contributed by atoms with van der Waals surface area (Å²) in [4.78, 5) is 11.1. The van der Waals surface area contributed by atoms with E-state index in [0.29, 0.717) is 11.4 Å². The van der Waals surface area contributed by atoms with Crippen molar-refractivity contribution in [1.29, 1.82) is 0 Å². The summed E-state index contributed by atoms with van der Waals surface area (Å²) in [5.41, 5.74) is 6.86. The molecule has 0 aliphatic heterocycles. The van der Waals surface area contributed by atoms with Gasteiger partial charge in [-0.3, -0.25) is 10.1 Å². The Labute approximate surface area is 118 Å². The Balaban J connectivity index is 2.30. The van der Waals surface area contributed by atoms with Gasteiger partial charge in [0.2, 0.25) is 0 Å². The van der Waals surface area contributed by atoms with E-state index in [9.17, 15) is 10.1 Å². The monoisotopic (exact) mass is 278 g/mol. The van der Waals surface area contributed by atoms with E-state index in [4.69, 9.17) is 18.0 Å². The topological polar surface area (TPSA) is 69.2 Å². The Kier molecular flexibility index (Phi) is 4.14. The summed E-state index contributed by atoms with van der Waals surface area (Å²) in [6, 6.07) is 7.02. The standard InChI is InChI=1S/C14H18N2O2S/c15-13(19)6-9-14(7-1-2-8-14)11-4-3-5-12(10-11)16(17)18/h3-5,10H,1-2,6-9H2,(H2,15,19). The normalized spacial score (nSPS) is 17.3. The van der Waals surface area contributed by atoms with Crippen molar-refractivity contribution in [3.05, 3.63) is 39.9 Å². The zero-order valence-electron chi connectivity index (χ0n) is 10.8. The third kappa shape index (κ3) is 3.10. The second kappa shape index (κ2) is 5.65. The molecule has 0 aromatic heterocycles. The van der Waals surface area contributed by atoms with Crippen molar-refractivity contribution < 1.29 is 4.92 Å². The van der Waals surface area contributed by atoms with E-state index in [1.165, 1.54) is 12.8 Å². The van der Waals surface area contributed by atoms with Gasteiger partial charge in [0.1, 0.15) is 0 Å². The molecule has 0 atom stereocenters. The summed E-state index contributed by atoms with van der Waals surface area (Å²) in [6.07, 6.45) is 6.06. The van der Waals surface area contributed by atoms with Gasteiger partial charge in [0.25, 0.3) is 5.69 Å². The maximum Gasteiger partial charge on any atom is 0.269 e. The van der Waals surface area contributed by atoms with Crippen LogP contribution in [0.3, 0.4) is 0 Å². The van der Waals surface area contributed by atoms with Crippen molar-refractivity contribution in [1.82, 2.24) is 0 Å². The van der Waals surface area contributed by atoms with Crippen LogP contribution in [0, 0.1) is 10.1 Å². The number of thiocarbonyl (C=S) groups is 1. The lowest BCUT2D eigenvalue weighted by Crippen LogP contribution is -2.24. The first kappa shape index (κ1) is 13.9. The van der Waals surface area contributed by atoms with E-state index in [2.05, 4.69) is 0 Å². The minimum Gasteiger partial charge on any atom is -0.393 e. The lowest BCUT2D eigenvalue weighted by molar-refractivity contribution is -0.385. The second-order valence-corrected chi connectivity index (χ2v) is 5.79. The van der Waals surface area contributed by atoms with Crippen molar-refractivity contribution in [2.75, 3.05) is 0 Å². The van der Waals surface area contributed by atoms with Gasteiger partial charge in [-0.2, -0.15) is 0 Å². The molecule has 1 aromatic carbocycles. The molecule has 0 unspecified atom stereocenters. The number of nitro groups is 1. The summed E-state index contributed by atoms with van der Waals surface area (Å²) in [5, 5.41) is 10.9. The molecule has 102 valence electrons. The fourth-order valence-corrected chi connectivity index (χ4v) is 3.15. The molecule has 5 heteroatoms. The predicted octanol–water partition coefficient (Wildman–Crippen LogP) is 3.47. The number of nitro benzene ring substituents is 1. The minimum absolute atomic E-state index is 0.0233. The van der Waals surface area contributed by atoms with Crippen LogP contribution in [0.1, 0.15) is 44.1 Å².